The van der Waals surface area contributed by atoms with E-state index in [1.54, 1.807) is 24.3 Å². The molecule has 0 radical (unpaired) electrons. The lowest BCUT2D eigenvalue weighted by Crippen LogP contribution is -2.02. The lowest BCUT2D eigenvalue weighted by Gasteiger charge is -2.02. The third-order valence-electron chi connectivity index (χ3n) is 1.72. The van der Waals surface area contributed by atoms with E-state index in [-0.39, 0.29) is 12.2 Å². The largest absolute Gasteiger partial charge is 0.364 e. The zero-order valence-corrected chi connectivity index (χ0v) is 8.21. The van der Waals surface area contributed by atoms with Gasteiger partial charge in [0.1, 0.15) is 0 Å². The molecule has 2 atom stereocenters. The molecule has 1 rings (SSSR count). The Morgan fingerprint density at radius 3 is 2.21 bits per heavy atom. The maximum atomic E-state index is 12.2. The second kappa shape index (κ2) is 5.19. The van der Waals surface area contributed by atoms with E-state index < -0.39 is 17.4 Å². The van der Waals surface area contributed by atoms with Gasteiger partial charge in [0.2, 0.25) is 0 Å². The quantitative estimate of drug-likeness (QED) is 0.747. The number of hydrogen-bond acceptors (Lipinski definition) is 2. The fourth-order valence-corrected chi connectivity index (χ4v) is 1.59. The molecule has 0 saturated heterocycles. The Kier molecular flexibility index (Phi) is 4.19. The van der Waals surface area contributed by atoms with Crippen molar-refractivity contribution in [1.29, 1.82) is 0 Å². The minimum atomic E-state index is -1.86. The number of hydrogen-bond donors (Lipinski definition) is 2. The van der Waals surface area contributed by atoms with Crippen LogP contribution in [0.1, 0.15) is 11.1 Å². The van der Waals surface area contributed by atoms with Crippen LogP contribution in [-0.4, -0.2) is 20.2 Å². The molecular formula is C9H11FO3S. The Bertz CT molecular complexity index is 310. The summed E-state index contributed by atoms with van der Waals surface area (Å²) in [6.07, 6.45) is -1.91. The van der Waals surface area contributed by atoms with E-state index in [2.05, 4.69) is 0 Å². The Hall–Kier alpha value is -0.780. The van der Waals surface area contributed by atoms with Crippen LogP contribution in [0, 0.1) is 0 Å². The molecule has 2 unspecified atom stereocenters. The fourth-order valence-electron chi connectivity index (χ4n) is 1.11. The maximum Gasteiger partial charge on any atom is 0.200 e. The molecule has 3 nitrogen and oxygen atoms in total. The summed E-state index contributed by atoms with van der Waals surface area (Å²) in [4.78, 5) is 0. The topological polar surface area (TPSA) is 57.5 Å². The summed E-state index contributed by atoms with van der Waals surface area (Å²) < 4.78 is 31.2. The molecule has 0 aromatic heterocycles. The minimum Gasteiger partial charge on any atom is -0.364 e. The van der Waals surface area contributed by atoms with Gasteiger partial charge in [-0.1, -0.05) is 24.3 Å². The van der Waals surface area contributed by atoms with Crippen LogP contribution in [0.25, 0.3) is 0 Å². The van der Waals surface area contributed by atoms with Crippen molar-refractivity contribution >= 4 is 11.1 Å². The predicted molar refractivity (Wildman–Crippen MR) is 51.7 cm³/mol. The number of alkyl halides is 1. The first-order valence-corrected chi connectivity index (χ1v) is 5.33. The Morgan fingerprint density at radius 2 is 1.79 bits per heavy atom. The average Bonchev–Trinajstić information content (AvgIpc) is 2.06. The number of benzene rings is 1. The normalized spacial score (nSPS) is 15.1. The van der Waals surface area contributed by atoms with Crippen LogP contribution in [0.5, 0.6) is 0 Å². The summed E-state index contributed by atoms with van der Waals surface area (Å²) in [5.74, 6) is 0.0679. The van der Waals surface area contributed by atoms with E-state index >= 15 is 0 Å². The number of aliphatic hydroxyl groups excluding tert-OH is 1. The van der Waals surface area contributed by atoms with E-state index in [0.717, 1.165) is 0 Å². The molecule has 14 heavy (non-hydrogen) atoms. The highest BCUT2D eigenvalue weighted by Gasteiger charge is 2.03. The van der Waals surface area contributed by atoms with Gasteiger partial charge in [-0.25, -0.2) is 8.60 Å². The predicted octanol–water partition coefficient (Wildman–Crippen LogP) is 1.24. The molecule has 1 aromatic rings. The minimum absolute atomic E-state index is 0.0531. The monoisotopic (exact) mass is 218 g/mol. The highest BCUT2D eigenvalue weighted by atomic mass is 32.2. The van der Waals surface area contributed by atoms with Crippen molar-refractivity contribution in [3.63, 3.8) is 0 Å². The van der Waals surface area contributed by atoms with E-state index in [1.807, 2.05) is 0 Å². The number of aliphatic hydroxyl groups is 1. The summed E-state index contributed by atoms with van der Waals surface area (Å²) in [5, 5.41) is 8.47. The highest BCUT2D eigenvalue weighted by Crippen LogP contribution is 2.08. The Morgan fingerprint density at radius 1 is 1.29 bits per heavy atom. The third kappa shape index (κ3) is 3.95. The van der Waals surface area contributed by atoms with Gasteiger partial charge in [-0.15, -0.1) is 0 Å². The van der Waals surface area contributed by atoms with Crippen LogP contribution in [0.4, 0.5) is 4.39 Å². The van der Waals surface area contributed by atoms with Crippen LogP contribution in [0.2, 0.25) is 0 Å². The molecule has 0 amide bonds. The van der Waals surface area contributed by atoms with Crippen molar-refractivity contribution in [2.45, 2.75) is 18.5 Å². The summed E-state index contributed by atoms with van der Waals surface area (Å²) in [7, 11) is 0. The number of halogens is 1. The van der Waals surface area contributed by atoms with Crippen LogP contribution >= 0.6 is 0 Å². The molecule has 0 aliphatic heterocycles. The SMILES string of the molecule is O=S(O)Cc1ccc(CC(O)F)cc1. The van der Waals surface area contributed by atoms with Crippen molar-refractivity contribution in [3.05, 3.63) is 35.4 Å². The van der Waals surface area contributed by atoms with Gasteiger partial charge in [0.05, 0.1) is 5.75 Å². The van der Waals surface area contributed by atoms with Gasteiger partial charge in [0, 0.05) is 6.42 Å². The van der Waals surface area contributed by atoms with Crippen molar-refractivity contribution in [1.82, 2.24) is 0 Å². The second-order valence-electron chi connectivity index (χ2n) is 2.92. The highest BCUT2D eigenvalue weighted by molar-refractivity contribution is 7.78. The standard InChI is InChI=1S/C9H11FO3S/c10-9(11)5-7-1-3-8(4-2-7)6-14(12)13/h1-4,9,11H,5-6H2,(H,12,13). The van der Waals surface area contributed by atoms with Crippen LogP contribution in [0.15, 0.2) is 24.3 Å². The van der Waals surface area contributed by atoms with Crippen LogP contribution in [-0.2, 0) is 23.3 Å². The molecular weight excluding hydrogens is 207 g/mol. The van der Waals surface area contributed by atoms with Crippen LogP contribution < -0.4 is 0 Å². The van der Waals surface area contributed by atoms with Crippen molar-refractivity contribution in [2.75, 3.05) is 0 Å². The number of rotatable bonds is 4. The van der Waals surface area contributed by atoms with Crippen molar-refractivity contribution < 1.29 is 18.3 Å². The fraction of sp³-hybridized carbons (Fsp3) is 0.333. The Balaban J connectivity index is 2.63. The van der Waals surface area contributed by atoms with Gasteiger partial charge >= 0.3 is 0 Å². The molecule has 78 valence electrons. The summed E-state index contributed by atoms with van der Waals surface area (Å²) in [6, 6.07) is 6.55. The van der Waals surface area contributed by atoms with Gasteiger partial charge in [-0.05, 0) is 11.1 Å². The molecule has 0 fully saturated rings. The zero-order valence-electron chi connectivity index (χ0n) is 7.39. The molecule has 1 aromatic carbocycles. The van der Waals surface area contributed by atoms with E-state index in [1.165, 1.54) is 0 Å². The second-order valence-corrected chi connectivity index (χ2v) is 3.85. The van der Waals surface area contributed by atoms with Gasteiger partial charge in [-0.2, -0.15) is 0 Å². The zero-order chi connectivity index (χ0) is 10.6. The van der Waals surface area contributed by atoms with E-state index in [9.17, 15) is 8.60 Å². The lowest BCUT2D eigenvalue weighted by molar-refractivity contribution is 0.0430. The van der Waals surface area contributed by atoms with Gasteiger partial charge < -0.3 is 9.66 Å². The van der Waals surface area contributed by atoms with Crippen LogP contribution in [0.3, 0.4) is 0 Å². The smallest absolute Gasteiger partial charge is 0.200 e. The summed E-state index contributed by atoms with van der Waals surface area (Å²) in [6.45, 7) is 0. The van der Waals surface area contributed by atoms with Gasteiger partial charge in [0.15, 0.2) is 17.4 Å². The maximum absolute atomic E-state index is 12.2. The molecule has 5 heteroatoms. The average molecular weight is 218 g/mol. The van der Waals surface area contributed by atoms with Gasteiger partial charge in [-0.3, -0.25) is 0 Å². The third-order valence-corrected chi connectivity index (χ3v) is 2.30. The summed E-state index contributed by atoms with van der Waals surface area (Å²) >= 11 is -1.86. The van der Waals surface area contributed by atoms with Crippen molar-refractivity contribution in [3.8, 4) is 0 Å². The van der Waals surface area contributed by atoms with E-state index in [0.29, 0.717) is 11.1 Å². The first-order valence-electron chi connectivity index (χ1n) is 4.05. The molecule has 0 aliphatic rings. The lowest BCUT2D eigenvalue weighted by atomic mass is 10.1. The molecule has 0 aliphatic carbocycles. The first-order chi connectivity index (χ1) is 6.58. The van der Waals surface area contributed by atoms with E-state index in [4.69, 9.17) is 9.66 Å². The molecule has 2 N–H and O–H groups in total. The summed E-state index contributed by atoms with van der Waals surface area (Å²) in [5.41, 5.74) is 1.37. The molecule has 0 heterocycles. The van der Waals surface area contributed by atoms with Crippen molar-refractivity contribution in [2.24, 2.45) is 0 Å². The molecule has 0 bridgehead atoms. The molecule has 0 saturated carbocycles. The van der Waals surface area contributed by atoms with Gasteiger partial charge in [0.25, 0.3) is 0 Å². The first kappa shape index (κ1) is 11.3. The molecule has 0 spiro atoms. The Labute approximate surface area is 83.9 Å².